The summed E-state index contributed by atoms with van der Waals surface area (Å²) in [6.45, 7) is 6.34. The zero-order chi connectivity index (χ0) is 31.7. The smallest absolute Gasteiger partial charge is 0.209 e. The first-order valence-electron chi connectivity index (χ1n) is 15.6. The summed E-state index contributed by atoms with van der Waals surface area (Å²) in [6.07, 6.45) is 2.94. The molecule has 6 rings (SSSR count). The highest BCUT2D eigenvalue weighted by atomic mass is 16.3. The third-order valence-electron chi connectivity index (χ3n) is 10.6. The molecule has 1 heterocycles. The first kappa shape index (κ1) is 30.9. The van der Waals surface area contributed by atoms with E-state index in [4.69, 9.17) is 0 Å². The molecule has 1 aromatic carbocycles. The van der Waals surface area contributed by atoms with Gasteiger partial charge in [-0.15, -0.1) is 0 Å². The Kier molecular flexibility index (Phi) is 7.77. The predicted octanol–water partition coefficient (Wildman–Crippen LogP) is 1.34. The maximum atomic E-state index is 14.5. The van der Waals surface area contributed by atoms with Crippen LogP contribution in [0.15, 0.2) is 34.8 Å². The van der Waals surface area contributed by atoms with E-state index in [1.165, 1.54) is 18.9 Å². The first-order chi connectivity index (χ1) is 20.8. The van der Waals surface area contributed by atoms with Crippen LogP contribution in [-0.2, 0) is 22.6 Å². The minimum Gasteiger partial charge on any atom is -0.510 e. The minimum absolute atomic E-state index is 0.0591. The standard InChI is InChI=1S/C33H44N4O7/c1-18(38)24-29(41)27(35(3)4)22-14-32(17-37-11-9-36(10-12-37)16-19-5-6-19)13-21-20(15-34-2)7-8-23(39)25(21)28(40)26(32)31(43)33(22,44)30(24)42/h7-8,19,22,27,34,39,41,43-44H,5-6,9-17H2,1-4H3/t22-,27-,32-,33+/m0/s1. The van der Waals surface area contributed by atoms with E-state index in [0.29, 0.717) is 18.7 Å². The molecule has 5 aliphatic rings. The van der Waals surface area contributed by atoms with Gasteiger partial charge in [-0.2, -0.15) is 0 Å². The number of aromatic hydroxyl groups is 1. The number of hydrogen-bond acceptors (Lipinski definition) is 11. The van der Waals surface area contributed by atoms with Crippen LogP contribution in [0.25, 0.3) is 0 Å². The number of Topliss-reactive ketones (excluding diaryl/α,β-unsaturated/α-hetero) is 3. The van der Waals surface area contributed by atoms with Gasteiger partial charge < -0.3 is 30.6 Å². The number of ketones is 3. The van der Waals surface area contributed by atoms with E-state index >= 15 is 0 Å². The van der Waals surface area contributed by atoms with Crippen molar-refractivity contribution in [3.8, 4) is 5.75 Å². The van der Waals surface area contributed by atoms with Crippen molar-refractivity contribution in [1.82, 2.24) is 20.0 Å². The third-order valence-corrected chi connectivity index (χ3v) is 10.6. The van der Waals surface area contributed by atoms with E-state index in [2.05, 4.69) is 15.1 Å². The number of rotatable bonds is 8. The van der Waals surface area contributed by atoms with Gasteiger partial charge in [0, 0.05) is 62.7 Å². The summed E-state index contributed by atoms with van der Waals surface area (Å²) in [5, 5.41) is 49.7. The number of carbonyl (C=O) groups is 3. The summed E-state index contributed by atoms with van der Waals surface area (Å²) in [5.74, 6) is -4.19. The number of aliphatic hydroxyl groups excluding tert-OH is 2. The summed E-state index contributed by atoms with van der Waals surface area (Å²) < 4.78 is 0. The number of aliphatic hydroxyl groups is 3. The molecule has 11 heteroatoms. The Balaban J connectivity index is 1.51. The average Bonchev–Trinajstić information content (AvgIpc) is 3.77. The maximum Gasteiger partial charge on any atom is 0.209 e. The second kappa shape index (κ2) is 11.1. The molecule has 1 saturated heterocycles. The Morgan fingerprint density at radius 1 is 1.07 bits per heavy atom. The zero-order valence-electron chi connectivity index (χ0n) is 26.0. The van der Waals surface area contributed by atoms with Gasteiger partial charge in [-0.1, -0.05) is 6.07 Å². The number of piperazine rings is 1. The lowest BCUT2D eigenvalue weighted by atomic mass is 9.52. The number of phenolic OH excluding ortho intramolecular Hbond substituents is 1. The molecular weight excluding hydrogens is 564 g/mol. The normalized spacial score (nSPS) is 31.3. The number of nitrogens with one attached hydrogen (secondary N) is 1. The van der Waals surface area contributed by atoms with Gasteiger partial charge >= 0.3 is 0 Å². The summed E-state index contributed by atoms with van der Waals surface area (Å²) in [5.41, 5.74) is -2.73. The van der Waals surface area contributed by atoms with Gasteiger partial charge in [-0.3, -0.25) is 24.2 Å². The van der Waals surface area contributed by atoms with Crippen molar-refractivity contribution in [2.75, 3.05) is 60.4 Å². The van der Waals surface area contributed by atoms with E-state index in [9.17, 15) is 34.8 Å². The van der Waals surface area contributed by atoms with Crippen LogP contribution in [-0.4, -0.2) is 125 Å². The van der Waals surface area contributed by atoms with Crippen LogP contribution in [0.1, 0.15) is 47.7 Å². The third kappa shape index (κ3) is 4.71. The molecule has 5 N–H and O–H groups in total. The molecule has 2 fully saturated rings. The molecule has 238 valence electrons. The summed E-state index contributed by atoms with van der Waals surface area (Å²) in [4.78, 5) is 47.4. The Hall–Kier alpha value is -3.09. The topological polar surface area (TPSA) is 154 Å². The molecule has 44 heavy (non-hydrogen) atoms. The van der Waals surface area contributed by atoms with Crippen LogP contribution in [0.3, 0.4) is 0 Å². The second-order valence-electron chi connectivity index (χ2n) is 13.8. The number of benzene rings is 1. The summed E-state index contributed by atoms with van der Waals surface area (Å²) in [7, 11) is 5.16. The van der Waals surface area contributed by atoms with E-state index in [1.54, 1.807) is 32.1 Å². The number of phenols is 1. The Bertz CT molecular complexity index is 1470. The molecule has 1 aromatic rings. The number of nitrogens with zero attached hydrogens (tertiary/aromatic N) is 3. The number of hydrogen-bond donors (Lipinski definition) is 5. The Labute approximate surface area is 257 Å². The molecule has 0 radical (unpaired) electrons. The molecule has 0 unspecified atom stereocenters. The van der Waals surface area contributed by atoms with Gasteiger partial charge in [-0.05, 0) is 76.9 Å². The van der Waals surface area contributed by atoms with Crippen molar-refractivity contribution in [1.29, 1.82) is 0 Å². The fourth-order valence-corrected chi connectivity index (χ4v) is 8.38. The molecular formula is C33H44N4O7. The number of likely N-dealkylation sites (N-methyl/N-ethyl adjacent to an activating group) is 1. The molecule has 0 bridgehead atoms. The van der Waals surface area contributed by atoms with Gasteiger partial charge in [0.1, 0.15) is 22.8 Å². The van der Waals surface area contributed by atoms with E-state index in [0.717, 1.165) is 51.1 Å². The van der Waals surface area contributed by atoms with Crippen LogP contribution in [0.2, 0.25) is 0 Å². The SMILES string of the molecule is CNCc1ccc(O)c2c1C[C@@]1(CN3CCN(CC4CC4)CC3)C[C@H]3[C@H](N(C)C)C(O)=C(C(C)=O)C(=O)[C@@]3(O)C(O)=C1C2=O. The zero-order valence-corrected chi connectivity index (χ0v) is 26.0. The van der Waals surface area contributed by atoms with Crippen LogP contribution in [0.4, 0.5) is 0 Å². The van der Waals surface area contributed by atoms with Crippen LogP contribution >= 0.6 is 0 Å². The highest BCUT2D eigenvalue weighted by Gasteiger charge is 2.66. The second-order valence-corrected chi connectivity index (χ2v) is 13.8. The highest BCUT2D eigenvalue weighted by Crippen LogP contribution is 2.58. The molecule has 0 aromatic heterocycles. The summed E-state index contributed by atoms with van der Waals surface area (Å²) in [6, 6.07) is 2.27. The number of carbonyl (C=O) groups excluding carboxylic acids is 3. The van der Waals surface area contributed by atoms with Gasteiger partial charge in [0.05, 0.1) is 11.6 Å². The first-order valence-corrected chi connectivity index (χ1v) is 15.6. The predicted molar refractivity (Wildman–Crippen MR) is 162 cm³/mol. The van der Waals surface area contributed by atoms with Crippen molar-refractivity contribution in [3.63, 3.8) is 0 Å². The van der Waals surface area contributed by atoms with E-state index < -0.39 is 57.4 Å². The van der Waals surface area contributed by atoms with Crippen molar-refractivity contribution < 1.29 is 34.8 Å². The van der Waals surface area contributed by atoms with Crippen LogP contribution < -0.4 is 5.32 Å². The fourth-order valence-electron chi connectivity index (χ4n) is 8.38. The maximum absolute atomic E-state index is 14.5. The van der Waals surface area contributed by atoms with Crippen molar-refractivity contribution >= 4 is 17.3 Å². The van der Waals surface area contributed by atoms with Gasteiger partial charge in [0.15, 0.2) is 17.2 Å². The lowest BCUT2D eigenvalue weighted by Crippen LogP contribution is -2.66. The highest BCUT2D eigenvalue weighted by molar-refractivity contribution is 6.25. The van der Waals surface area contributed by atoms with Crippen LogP contribution in [0.5, 0.6) is 5.75 Å². The van der Waals surface area contributed by atoms with Gasteiger partial charge in [0.2, 0.25) is 5.78 Å². The van der Waals surface area contributed by atoms with Crippen molar-refractivity contribution in [2.45, 2.75) is 50.8 Å². The van der Waals surface area contributed by atoms with Crippen LogP contribution in [0, 0.1) is 17.3 Å². The van der Waals surface area contributed by atoms with Gasteiger partial charge in [0.25, 0.3) is 0 Å². The average molecular weight is 609 g/mol. The quantitative estimate of drug-likeness (QED) is 0.272. The van der Waals surface area contributed by atoms with Gasteiger partial charge in [-0.25, -0.2) is 0 Å². The fraction of sp³-hybridized carbons (Fsp3) is 0.606. The molecule has 4 atom stereocenters. The van der Waals surface area contributed by atoms with E-state index in [1.807, 2.05) is 0 Å². The molecule has 0 amide bonds. The minimum atomic E-state index is -2.60. The largest absolute Gasteiger partial charge is 0.510 e. The lowest BCUT2D eigenvalue weighted by Gasteiger charge is -2.55. The monoisotopic (exact) mass is 608 g/mol. The molecule has 0 spiro atoms. The Morgan fingerprint density at radius 2 is 1.73 bits per heavy atom. The molecule has 1 saturated carbocycles. The lowest BCUT2D eigenvalue weighted by molar-refractivity contribution is -0.151. The van der Waals surface area contributed by atoms with E-state index in [-0.39, 0.29) is 29.7 Å². The summed E-state index contributed by atoms with van der Waals surface area (Å²) >= 11 is 0. The number of fused-ring (bicyclic) bond motifs is 3. The van der Waals surface area contributed by atoms with Crippen molar-refractivity contribution in [2.24, 2.45) is 17.3 Å². The molecule has 4 aliphatic carbocycles. The molecule has 1 aliphatic heterocycles. The van der Waals surface area contributed by atoms with Crippen molar-refractivity contribution in [3.05, 3.63) is 51.5 Å². The Morgan fingerprint density at radius 3 is 2.32 bits per heavy atom. The molecule has 11 nitrogen and oxygen atoms in total.